The van der Waals surface area contributed by atoms with Crippen LogP contribution in [0.5, 0.6) is 5.75 Å². The largest absolute Gasteiger partial charge is 0.497 e. The minimum atomic E-state index is -0.489. The first kappa shape index (κ1) is 22.5. The second-order valence-electron chi connectivity index (χ2n) is 6.57. The molecule has 0 unspecified atom stereocenters. The second-order valence-corrected chi connectivity index (χ2v) is 6.57. The number of amides is 2. The zero-order valence-corrected chi connectivity index (χ0v) is 16.9. The van der Waals surface area contributed by atoms with Crippen LogP contribution >= 0.6 is 0 Å². The number of hydrogen-bond donors (Lipinski definition) is 2. The lowest BCUT2D eigenvalue weighted by molar-refractivity contribution is -0.385. The van der Waals surface area contributed by atoms with Gasteiger partial charge in [-0.25, -0.2) is 5.43 Å². The van der Waals surface area contributed by atoms with Crippen molar-refractivity contribution >= 4 is 23.7 Å². The lowest BCUT2D eigenvalue weighted by Gasteiger charge is -2.05. The van der Waals surface area contributed by atoms with Crippen molar-refractivity contribution < 1.29 is 19.2 Å². The van der Waals surface area contributed by atoms with Crippen molar-refractivity contribution in [3.8, 4) is 5.75 Å². The maximum atomic E-state index is 11.9. The van der Waals surface area contributed by atoms with Crippen molar-refractivity contribution in [2.24, 2.45) is 5.10 Å². The van der Waals surface area contributed by atoms with Crippen LogP contribution in [0.25, 0.3) is 0 Å². The number of methoxy groups -OCH3 is 1. The topological polar surface area (TPSA) is 123 Å². The van der Waals surface area contributed by atoms with E-state index in [-0.39, 0.29) is 18.1 Å². The monoisotopic (exact) mass is 412 g/mol. The number of aryl methyl sites for hydroxylation is 2. The molecule has 2 aromatic carbocycles. The number of benzene rings is 2. The van der Waals surface area contributed by atoms with Crippen LogP contribution in [0.3, 0.4) is 0 Å². The highest BCUT2D eigenvalue weighted by molar-refractivity contribution is 5.86. The van der Waals surface area contributed by atoms with Crippen LogP contribution in [-0.2, 0) is 16.0 Å². The Balaban J connectivity index is 1.68. The summed E-state index contributed by atoms with van der Waals surface area (Å²) < 4.78 is 5.10. The van der Waals surface area contributed by atoms with Crippen LogP contribution in [0, 0.1) is 17.0 Å². The third-order valence-electron chi connectivity index (χ3n) is 4.31. The van der Waals surface area contributed by atoms with Gasteiger partial charge in [0.15, 0.2) is 0 Å². The summed E-state index contributed by atoms with van der Waals surface area (Å²) in [6, 6.07) is 12.3. The molecule has 0 fully saturated rings. The number of carbonyl (C=O) groups is 2. The van der Waals surface area contributed by atoms with Gasteiger partial charge >= 0.3 is 0 Å². The first-order valence-electron chi connectivity index (χ1n) is 9.35. The molecule has 0 heterocycles. The van der Waals surface area contributed by atoms with E-state index in [0.717, 1.165) is 17.7 Å². The number of ether oxygens (including phenoxy) is 1. The third kappa shape index (κ3) is 7.34. The summed E-state index contributed by atoms with van der Waals surface area (Å²) in [7, 11) is 1.61. The van der Waals surface area contributed by atoms with E-state index in [1.54, 1.807) is 26.2 Å². The Morgan fingerprint density at radius 2 is 1.90 bits per heavy atom. The lowest BCUT2D eigenvalue weighted by atomic mass is 10.1. The van der Waals surface area contributed by atoms with Crippen LogP contribution in [0.2, 0.25) is 0 Å². The van der Waals surface area contributed by atoms with Gasteiger partial charge in [0.05, 0.1) is 24.8 Å². The highest BCUT2D eigenvalue weighted by Gasteiger charge is 2.10. The van der Waals surface area contributed by atoms with Crippen LogP contribution < -0.4 is 15.5 Å². The van der Waals surface area contributed by atoms with Crippen LogP contribution in [-0.4, -0.2) is 36.6 Å². The smallest absolute Gasteiger partial charge is 0.272 e. The highest BCUT2D eigenvalue weighted by Crippen LogP contribution is 2.18. The van der Waals surface area contributed by atoms with E-state index < -0.39 is 10.8 Å². The fourth-order valence-corrected chi connectivity index (χ4v) is 2.63. The normalized spacial score (nSPS) is 10.6. The molecule has 0 spiro atoms. The molecular weight excluding hydrogens is 388 g/mol. The summed E-state index contributed by atoms with van der Waals surface area (Å²) in [6.07, 6.45) is 3.01. The van der Waals surface area contributed by atoms with Crippen molar-refractivity contribution in [1.82, 2.24) is 10.7 Å². The minimum absolute atomic E-state index is 0.0211. The Hall–Kier alpha value is -3.75. The Kier molecular flexibility index (Phi) is 8.49. The molecule has 0 aliphatic carbocycles. The molecule has 9 nitrogen and oxygen atoms in total. The van der Waals surface area contributed by atoms with E-state index in [1.807, 2.05) is 24.3 Å². The van der Waals surface area contributed by atoms with Crippen LogP contribution in [0.4, 0.5) is 5.69 Å². The molecule has 2 amide bonds. The van der Waals surface area contributed by atoms with Gasteiger partial charge in [0.2, 0.25) is 5.91 Å². The molecule has 9 heteroatoms. The maximum absolute atomic E-state index is 11.9. The Labute approximate surface area is 174 Å². The van der Waals surface area contributed by atoms with Gasteiger partial charge < -0.3 is 10.1 Å². The van der Waals surface area contributed by atoms with Crippen molar-refractivity contribution in [3.05, 3.63) is 69.3 Å². The number of carbonyl (C=O) groups excluding carboxylic acids is 2. The number of rotatable bonds is 10. The molecule has 2 rings (SSSR count). The quantitative estimate of drug-likeness (QED) is 0.353. The molecule has 0 atom stereocenters. The van der Waals surface area contributed by atoms with Crippen molar-refractivity contribution in [2.75, 3.05) is 13.7 Å². The van der Waals surface area contributed by atoms with Crippen LogP contribution in [0.15, 0.2) is 47.6 Å². The van der Waals surface area contributed by atoms with Gasteiger partial charge in [-0.05, 0) is 37.5 Å². The van der Waals surface area contributed by atoms with Crippen LogP contribution in [0.1, 0.15) is 29.5 Å². The fourth-order valence-electron chi connectivity index (χ4n) is 2.63. The SMILES string of the molecule is COc1ccc(CCCC(=O)NCC(=O)N/N=C\c2ccc(C)c([N+](=O)[O-])c2)cc1. The molecular formula is C21H24N4O5. The van der Waals surface area contributed by atoms with E-state index in [4.69, 9.17) is 4.74 Å². The fraction of sp³-hybridized carbons (Fsp3) is 0.286. The van der Waals surface area contributed by atoms with Gasteiger partial charge in [0.25, 0.3) is 11.6 Å². The molecule has 0 aliphatic heterocycles. The Morgan fingerprint density at radius 3 is 2.57 bits per heavy atom. The molecule has 30 heavy (non-hydrogen) atoms. The summed E-state index contributed by atoms with van der Waals surface area (Å²) in [5.74, 6) is 0.0685. The van der Waals surface area contributed by atoms with Crippen molar-refractivity contribution in [2.45, 2.75) is 26.2 Å². The van der Waals surface area contributed by atoms with E-state index in [1.165, 1.54) is 12.3 Å². The molecule has 2 N–H and O–H groups in total. The van der Waals surface area contributed by atoms with Gasteiger partial charge in [-0.1, -0.05) is 24.3 Å². The standard InChI is InChI=1S/C21H24N4O5/c1-15-6-7-17(12-19(15)25(28)29)13-23-24-21(27)14-22-20(26)5-3-4-16-8-10-18(30-2)11-9-16/h6-13H,3-5,14H2,1-2H3,(H,22,26)(H,24,27)/b23-13-. The van der Waals surface area contributed by atoms with Crippen molar-refractivity contribution in [3.63, 3.8) is 0 Å². The molecule has 0 saturated carbocycles. The average molecular weight is 412 g/mol. The highest BCUT2D eigenvalue weighted by atomic mass is 16.6. The summed E-state index contributed by atoms with van der Waals surface area (Å²) in [5.41, 5.74) is 4.38. The first-order valence-corrected chi connectivity index (χ1v) is 9.35. The van der Waals surface area contributed by atoms with Gasteiger partial charge in [0.1, 0.15) is 5.75 Å². The molecule has 158 valence electrons. The molecule has 2 aromatic rings. The number of nitrogens with one attached hydrogen (secondary N) is 2. The number of nitro groups is 1. The second kappa shape index (κ2) is 11.3. The molecule has 0 radical (unpaired) electrons. The molecule has 0 aliphatic rings. The van der Waals surface area contributed by atoms with E-state index in [9.17, 15) is 19.7 Å². The summed E-state index contributed by atoms with van der Waals surface area (Å²) >= 11 is 0. The molecule has 0 bridgehead atoms. The predicted molar refractivity (Wildman–Crippen MR) is 113 cm³/mol. The maximum Gasteiger partial charge on any atom is 0.272 e. The predicted octanol–water partition coefficient (Wildman–Crippen LogP) is 2.50. The first-order chi connectivity index (χ1) is 14.4. The Bertz CT molecular complexity index is 925. The van der Waals surface area contributed by atoms with Gasteiger partial charge in [-0.2, -0.15) is 5.10 Å². The van der Waals surface area contributed by atoms with E-state index in [0.29, 0.717) is 24.0 Å². The number of hydrogen-bond acceptors (Lipinski definition) is 6. The average Bonchev–Trinajstić information content (AvgIpc) is 2.73. The molecule has 0 saturated heterocycles. The Morgan fingerprint density at radius 1 is 1.17 bits per heavy atom. The number of hydrazone groups is 1. The lowest BCUT2D eigenvalue weighted by Crippen LogP contribution is -2.34. The van der Waals surface area contributed by atoms with E-state index in [2.05, 4.69) is 15.8 Å². The number of nitro benzene ring substituents is 1. The zero-order chi connectivity index (χ0) is 21.9. The minimum Gasteiger partial charge on any atom is -0.497 e. The van der Waals surface area contributed by atoms with Crippen molar-refractivity contribution in [1.29, 1.82) is 0 Å². The summed E-state index contributed by atoms with van der Waals surface area (Å²) in [4.78, 5) is 34.1. The summed E-state index contributed by atoms with van der Waals surface area (Å²) in [6.45, 7) is 1.44. The number of nitrogens with zero attached hydrogens (tertiary/aromatic N) is 2. The molecule has 0 aromatic heterocycles. The summed E-state index contributed by atoms with van der Waals surface area (Å²) in [5, 5.41) is 17.2. The van der Waals surface area contributed by atoms with Gasteiger partial charge in [-0.15, -0.1) is 0 Å². The zero-order valence-electron chi connectivity index (χ0n) is 16.9. The van der Waals surface area contributed by atoms with Gasteiger partial charge in [-0.3, -0.25) is 19.7 Å². The van der Waals surface area contributed by atoms with Gasteiger partial charge in [0, 0.05) is 23.6 Å². The third-order valence-corrected chi connectivity index (χ3v) is 4.31. The van der Waals surface area contributed by atoms with E-state index >= 15 is 0 Å².